The summed E-state index contributed by atoms with van der Waals surface area (Å²) < 4.78 is 0. The van der Waals surface area contributed by atoms with Crippen molar-refractivity contribution in [2.75, 3.05) is 0 Å². The molecule has 96 valence electrons. The molecule has 3 heteroatoms. The topological polar surface area (TPSA) is 53.4 Å². The van der Waals surface area contributed by atoms with E-state index in [1.807, 2.05) is 43.4 Å². The Kier molecular flexibility index (Phi) is 3.98. The molecule has 0 saturated carbocycles. The van der Waals surface area contributed by atoms with Gasteiger partial charge in [-0.3, -0.25) is 4.98 Å². The zero-order valence-corrected chi connectivity index (χ0v) is 10.6. The number of nitrogens with zero attached hydrogens (tertiary/aromatic N) is 1. The Morgan fingerprint density at radius 3 is 2.63 bits per heavy atom. The summed E-state index contributed by atoms with van der Waals surface area (Å²) in [5, 5.41) is 18.7. The summed E-state index contributed by atoms with van der Waals surface area (Å²) in [4.78, 5) is 4.20. The SMILES string of the molecule is CC(/C=C/c1ccccn1)=C\c1ccc(O)c(O)c1. The Morgan fingerprint density at radius 1 is 1.11 bits per heavy atom. The first kappa shape index (κ1) is 12.9. The Labute approximate surface area is 112 Å². The molecule has 1 aromatic carbocycles. The lowest BCUT2D eigenvalue weighted by Gasteiger charge is -1.99. The van der Waals surface area contributed by atoms with Crippen LogP contribution in [0.2, 0.25) is 0 Å². The van der Waals surface area contributed by atoms with Gasteiger partial charge in [-0.1, -0.05) is 29.9 Å². The van der Waals surface area contributed by atoms with Crippen LogP contribution in [0, 0.1) is 0 Å². The van der Waals surface area contributed by atoms with E-state index >= 15 is 0 Å². The number of phenolic OH excluding ortho intramolecular Hbond substituents is 2. The van der Waals surface area contributed by atoms with Gasteiger partial charge in [0.05, 0.1) is 5.69 Å². The molecule has 2 rings (SSSR count). The van der Waals surface area contributed by atoms with E-state index in [1.165, 1.54) is 12.1 Å². The van der Waals surface area contributed by atoms with Gasteiger partial charge in [-0.05, 0) is 42.8 Å². The van der Waals surface area contributed by atoms with Gasteiger partial charge in [0.15, 0.2) is 11.5 Å². The first-order valence-electron chi connectivity index (χ1n) is 5.94. The maximum absolute atomic E-state index is 9.41. The molecular weight excluding hydrogens is 238 g/mol. The lowest BCUT2D eigenvalue weighted by atomic mass is 10.1. The third kappa shape index (κ3) is 3.71. The molecular formula is C16H15NO2. The van der Waals surface area contributed by atoms with Crippen LogP contribution in [-0.2, 0) is 0 Å². The monoisotopic (exact) mass is 253 g/mol. The third-order valence-corrected chi connectivity index (χ3v) is 2.60. The summed E-state index contributed by atoms with van der Waals surface area (Å²) in [6.45, 7) is 1.96. The highest BCUT2D eigenvalue weighted by atomic mass is 16.3. The second-order valence-corrected chi connectivity index (χ2v) is 4.22. The molecule has 1 aromatic heterocycles. The van der Waals surface area contributed by atoms with Gasteiger partial charge in [-0.25, -0.2) is 0 Å². The number of aromatic nitrogens is 1. The zero-order chi connectivity index (χ0) is 13.7. The van der Waals surface area contributed by atoms with Gasteiger partial charge in [0, 0.05) is 6.20 Å². The summed E-state index contributed by atoms with van der Waals surface area (Å²) in [5.74, 6) is -0.228. The Balaban J connectivity index is 2.15. The van der Waals surface area contributed by atoms with E-state index in [0.717, 1.165) is 16.8 Å². The predicted molar refractivity (Wildman–Crippen MR) is 76.7 cm³/mol. The fourth-order valence-corrected chi connectivity index (χ4v) is 1.63. The van der Waals surface area contributed by atoms with Gasteiger partial charge < -0.3 is 10.2 Å². The van der Waals surface area contributed by atoms with Crippen molar-refractivity contribution in [1.29, 1.82) is 0 Å². The summed E-state index contributed by atoms with van der Waals surface area (Å²) in [6, 6.07) is 10.5. The smallest absolute Gasteiger partial charge is 0.157 e. The predicted octanol–water partition coefficient (Wildman–Crippen LogP) is 3.61. The molecule has 1 heterocycles. The minimum Gasteiger partial charge on any atom is -0.504 e. The van der Waals surface area contributed by atoms with Crippen molar-refractivity contribution in [3.8, 4) is 11.5 Å². The van der Waals surface area contributed by atoms with Crippen molar-refractivity contribution in [2.24, 2.45) is 0 Å². The molecule has 0 saturated heterocycles. The number of rotatable bonds is 3. The van der Waals surface area contributed by atoms with Crippen LogP contribution >= 0.6 is 0 Å². The summed E-state index contributed by atoms with van der Waals surface area (Å²) in [6.07, 6.45) is 7.54. The number of aromatic hydroxyl groups is 2. The maximum Gasteiger partial charge on any atom is 0.157 e. The molecule has 0 spiro atoms. The van der Waals surface area contributed by atoms with Crippen LogP contribution in [0.15, 0.2) is 54.2 Å². The second-order valence-electron chi connectivity index (χ2n) is 4.22. The Bertz CT molecular complexity index is 616. The van der Waals surface area contributed by atoms with Gasteiger partial charge in [-0.2, -0.15) is 0 Å². The summed E-state index contributed by atoms with van der Waals surface area (Å²) in [7, 11) is 0. The molecule has 0 radical (unpaired) electrons. The number of phenols is 2. The third-order valence-electron chi connectivity index (χ3n) is 2.60. The van der Waals surface area contributed by atoms with Crippen molar-refractivity contribution >= 4 is 12.2 Å². The minimum absolute atomic E-state index is 0.112. The van der Waals surface area contributed by atoms with Crippen LogP contribution < -0.4 is 0 Å². The molecule has 2 aromatic rings. The highest BCUT2D eigenvalue weighted by molar-refractivity contribution is 5.61. The highest BCUT2D eigenvalue weighted by Gasteiger charge is 1.98. The van der Waals surface area contributed by atoms with Gasteiger partial charge in [-0.15, -0.1) is 0 Å². The molecule has 0 aliphatic heterocycles. The second kappa shape index (κ2) is 5.87. The van der Waals surface area contributed by atoms with E-state index < -0.39 is 0 Å². The molecule has 0 amide bonds. The fourth-order valence-electron chi connectivity index (χ4n) is 1.63. The van der Waals surface area contributed by atoms with E-state index in [9.17, 15) is 10.2 Å². The number of hydrogen-bond acceptors (Lipinski definition) is 3. The first-order valence-corrected chi connectivity index (χ1v) is 5.94. The fraction of sp³-hybridized carbons (Fsp3) is 0.0625. The van der Waals surface area contributed by atoms with Gasteiger partial charge in [0.25, 0.3) is 0 Å². The lowest BCUT2D eigenvalue weighted by Crippen LogP contribution is -1.78. The molecule has 0 atom stereocenters. The average Bonchev–Trinajstić information content (AvgIpc) is 2.42. The van der Waals surface area contributed by atoms with E-state index in [-0.39, 0.29) is 11.5 Å². The number of benzene rings is 1. The molecule has 0 fully saturated rings. The van der Waals surface area contributed by atoms with Crippen LogP contribution in [0.1, 0.15) is 18.2 Å². The molecule has 0 aliphatic rings. The first-order chi connectivity index (χ1) is 9.15. The molecule has 0 unspecified atom stereocenters. The van der Waals surface area contributed by atoms with Gasteiger partial charge >= 0.3 is 0 Å². The van der Waals surface area contributed by atoms with Crippen LogP contribution in [-0.4, -0.2) is 15.2 Å². The van der Waals surface area contributed by atoms with Crippen molar-refractivity contribution in [1.82, 2.24) is 4.98 Å². The minimum atomic E-state index is -0.116. The van der Waals surface area contributed by atoms with E-state index in [2.05, 4.69) is 4.98 Å². The number of allylic oxidation sites excluding steroid dienone is 2. The highest BCUT2D eigenvalue weighted by Crippen LogP contribution is 2.25. The largest absolute Gasteiger partial charge is 0.504 e. The number of hydrogen-bond donors (Lipinski definition) is 2. The van der Waals surface area contributed by atoms with Gasteiger partial charge in [0.1, 0.15) is 0 Å². The average molecular weight is 253 g/mol. The van der Waals surface area contributed by atoms with E-state index in [0.29, 0.717) is 0 Å². The maximum atomic E-state index is 9.41. The quantitative estimate of drug-likeness (QED) is 0.649. The van der Waals surface area contributed by atoms with Crippen molar-refractivity contribution in [2.45, 2.75) is 6.92 Å². The lowest BCUT2D eigenvalue weighted by molar-refractivity contribution is 0.403. The molecule has 3 nitrogen and oxygen atoms in total. The van der Waals surface area contributed by atoms with Crippen LogP contribution in [0.3, 0.4) is 0 Å². The summed E-state index contributed by atoms with van der Waals surface area (Å²) >= 11 is 0. The van der Waals surface area contributed by atoms with Crippen molar-refractivity contribution < 1.29 is 10.2 Å². The van der Waals surface area contributed by atoms with Crippen LogP contribution in [0.5, 0.6) is 11.5 Å². The normalized spacial score (nSPS) is 11.9. The van der Waals surface area contributed by atoms with Crippen LogP contribution in [0.4, 0.5) is 0 Å². The van der Waals surface area contributed by atoms with Crippen molar-refractivity contribution in [3.63, 3.8) is 0 Å². The Morgan fingerprint density at radius 2 is 1.95 bits per heavy atom. The standard InChI is InChI=1S/C16H15NO2/c1-12(5-7-14-4-2-3-9-17-14)10-13-6-8-15(18)16(19)11-13/h2-11,18-19H,1H3/b7-5+,12-10+. The molecule has 19 heavy (non-hydrogen) atoms. The molecule has 0 bridgehead atoms. The number of pyridine rings is 1. The van der Waals surface area contributed by atoms with E-state index in [4.69, 9.17) is 0 Å². The molecule has 2 N–H and O–H groups in total. The van der Waals surface area contributed by atoms with E-state index in [1.54, 1.807) is 12.3 Å². The van der Waals surface area contributed by atoms with Crippen LogP contribution in [0.25, 0.3) is 12.2 Å². The van der Waals surface area contributed by atoms with Gasteiger partial charge in [0.2, 0.25) is 0 Å². The zero-order valence-electron chi connectivity index (χ0n) is 10.6. The van der Waals surface area contributed by atoms with Crippen molar-refractivity contribution in [3.05, 3.63) is 65.5 Å². The summed E-state index contributed by atoms with van der Waals surface area (Å²) in [5.41, 5.74) is 2.75. The molecule has 0 aliphatic carbocycles. The Hall–Kier alpha value is -2.55.